The molecule has 5 nitrogen and oxygen atoms in total. The molecular weight excluding hydrogens is 372 g/mol. The topological polar surface area (TPSA) is 51.7 Å². The number of amides is 1. The molecule has 1 saturated heterocycles. The van der Waals surface area contributed by atoms with Crippen LogP contribution in [-0.4, -0.2) is 41.6 Å². The Balaban J connectivity index is 1.43. The summed E-state index contributed by atoms with van der Waals surface area (Å²) in [7, 11) is 0. The van der Waals surface area contributed by atoms with Gasteiger partial charge in [-0.1, -0.05) is 30.3 Å². The molecule has 0 spiro atoms. The monoisotopic (exact) mass is 390 g/mol. The lowest BCUT2D eigenvalue weighted by molar-refractivity contribution is -0.135. The van der Waals surface area contributed by atoms with E-state index in [0.29, 0.717) is 25.6 Å². The Hall–Kier alpha value is -1.92. The second-order valence-electron chi connectivity index (χ2n) is 5.64. The van der Waals surface area contributed by atoms with E-state index in [1.54, 1.807) is 11.1 Å². The SMILES string of the molecule is O=C(COCc1ccccc1)N1CC[C@@H](Oc2ncccc2Br)C1. The number of carbonyl (C=O) groups excluding carboxylic acids is 1. The smallest absolute Gasteiger partial charge is 0.248 e. The number of hydrogen-bond acceptors (Lipinski definition) is 4. The van der Waals surface area contributed by atoms with Crippen molar-refractivity contribution in [3.63, 3.8) is 0 Å². The molecule has 1 atom stereocenters. The van der Waals surface area contributed by atoms with E-state index >= 15 is 0 Å². The summed E-state index contributed by atoms with van der Waals surface area (Å²) < 4.78 is 12.2. The predicted octanol–water partition coefficient (Wildman–Crippen LogP) is 3.04. The fourth-order valence-corrected chi connectivity index (χ4v) is 2.94. The fraction of sp³-hybridized carbons (Fsp3) is 0.333. The van der Waals surface area contributed by atoms with Crippen molar-refractivity contribution in [2.45, 2.75) is 19.1 Å². The molecule has 1 amide bonds. The van der Waals surface area contributed by atoms with Crippen LogP contribution in [0.25, 0.3) is 0 Å². The Bertz CT molecular complexity index is 681. The number of benzene rings is 1. The van der Waals surface area contributed by atoms with Gasteiger partial charge in [0.1, 0.15) is 12.7 Å². The maximum Gasteiger partial charge on any atom is 0.248 e. The summed E-state index contributed by atoms with van der Waals surface area (Å²) in [6, 6.07) is 13.6. The number of hydrogen-bond donors (Lipinski definition) is 0. The summed E-state index contributed by atoms with van der Waals surface area (Å²) in [5, 5.41) is 0. The second kappa shape index (κ2) is 8.26. The van der Waals surface area contributed by atoms with Crippen LogP contribution in [0.4, 0.5) is 0 Å². The molecule has 1 aliphatic rings. The van der Waals surface area contributed by atoms with E-state index in [0.717, 1.165) is 16.5 Å². The van der Waals surface area contributed by atoms with Crippen molar-refractivity contribution < 1.29 is 14.3 Å². The lowest BCUT2D eigenvalue weighted by Crippen LogP contribution is -2.33. The van der Waals surface area contributed by atoms with Gasteiger partial charge in [-0.2, -0.15) is 0 Å². The summed E-state index contributed by atoms with van der Waals surface area (Å²) in [4.78, 5) is 18.2. The summed E-state index contributed by atoms with van der Waals surface area (Å²) in [5.74, 6) is 0.564. The van der Waals surface area contributed by atoms with E-state index in [4.69, 9.17) is 9.47 Å². The Labute approximate surface area is 149 Å². The van der Waals surface area contributed by atoms with Gasteiger partial charge >= 0.3 is 0 Å². The molecule has 2 aromatic rings. The van der Waals surface area contributed by atoms with Gasteiger partial charge in [0.2, 0.25) is 11.8 Å². The number of nitrogens with zero attached hydrogens (tertiary/aromatic N) is 2. The molecule has 6 heteroatoms. The molecule has 0 bridgehead atoms. The van der Waals surface area contributed by atoms with Gasteiger partial charge in [-0.25, -0.2) is 4.98 Å². The second-order valence-corrected chi connectivity index (χ2v) is 6.49. The highest BCUT2D eigenvalue weighted by atomic mass is 79.9. The molecule has 2 heterocycles. The summed E-state index contributed by atoms with van der Waals surface area (Å²) in [6.45, 7) is 1.79. The average Bonchev–Trinajstić information content (AvgIpc) is 3.07. The number of ether oxygens (including phenoxy) is 2. The molecular formula is C18H19BrN2O3. The van der Waals surface area contributed by atoms with E-state index in [9.17, 15) is 4.79 Å². The zero-order valence-electron chi connectivity index (χ0n) is 13.2. The first kappa shape index (κ1) is 16.9. The molecule has 3 rings (SSSR count). The van der Waals surface area contributed by atoms with Gasteiger partial charge in [-0.05, 0) is 33.6 Å². The zero-order chi connectivity index (χ0) is 16.8. The Kier molecular flexibility index (Phi) is 5.82. The van der Waals surface area contributed by atoms with E-state index < -0.39 is 0 Å². The van der Waals surface area contributed by atoms with Crippen LogP contribution in [0.2, 0.25) is 0 Å². The van der Waals surface area contributed by atoms with Crippen LogP contribution in [-0.2, 0) is 16.1 Å². The fourth-order valence-electron chi connectivity index (χ4n) is 2.59. The summed E-state index contributed by atoms with van der Waals surface area (Å²) in [6.07, 6.45) is 2.46. The van der Waals surface area contributed by atoms with Gasteiger partial charge in [-0.15, -0.1) is 0 Å². The third-order valence-corrected chi connectivity index (χ3v) is 4.44. The van der Waals surface area contributed by atoms with Crippen molar-refractivity contribution in [2.75, 3.05) is 19.7 Å². The minimum absolute atomic E-state index is 0.00267. The first-order valence-electron chi connectivity index (χ1n) is 7.89. The Morgan fingerprint density at radius 1 is 1.25 bits per heavy atom. The number of carbonyl (C=O) groups is 1. The molecule has 0 aliphatic carbocycles. The molecule has 1 aromatic carbocycles. The van der Waals surface area contributed by atoms with Gasteiger partial charge in [0.15, 0.2) is 0 Å². The predicted molar refractivity (Wildman–Crippen MR) is 93.6 cm³/mol. The van der Waals surface area contributed by atoms with Gasteiger partial charge in [0.25, 0.3) is 0 Å². The highest BCUT2D eigenvalue weighted by Crippen LogP contribution is 2.24. The minimum atomic E-state index is -0.0331. The largest absolute Gasteiger partial charge is 0.472 e. The zero-order valence-corrected chi connectivity index (χ0v) is 14.8. The number of aromatic nitrogens is 1. The average molecular weight is 391 g/mol. The number of pyridine rings is 1. The van der Waals surface area contributed by atoms with Crippen molar-refractivity contribution in [3.8, 4) is 5.88 Å². The number of rotatable bonds is 6. The first-order chi connectivity index (χ1) is 11.7. The maximum absolute atomic E-state index is 12.2. The van der Waals surface area contributed by atoms with Crippen LogP contribution in [0.3, 0.4) is 0 Å². The highest BCUT2D eigenvalue weighted by molar-refractivity contribution is 9.10. The minimum Gasteiger partial charge on any atom is -0.472 e. The molecule has 0 unspecified atom stereocenters. The van der Waals surface area contributed by atoms with E-state index in [1.165, 1.54) is 0 Å². The third-order valence-electron chi connectivity index (χ3n) is 3.84. The van der Waals surface area contributed by atoms with E-state index in [2.05, 4.69) is 20.9 Å². The Morgan fingerprint density at radius 2 is 2.08 bits per heavy atom. The summed E-state index contributed by atoms with van der Waals surface area (Å²) >= 11 is 3.42. The van der Waals surface area contributed by atoms with Crippen LogP contribution in [0.15, 0.2) is 53.1 Å². The van der Waals surface area contributed by atoms with Crippen molar-refractivity contribution in [1.82, 2.24) is 9.88 Å². The van der Waals surface area contributed by atoms with Gasteiger partial charge < -0.3 is 14.4 Å². The Morgan fingerprint density at radius 3 is 2.88 bits per heavy atom. The van der Waals surface area contributed by atoms with Crippen molar-refractivity contribution >= 4 is 21.8 Å². The van der Waals surface area contributed by atoms with Crippen LogP contribution in [0.5, 0.6) is 5.88 Å². The van der Waals surface area contributed by atoms with Crippen LogP contribution >= 0.6 is 15.9 Å². The molecule has 126 valence electrons. The number of likely N-dealkylation sites (tertiary alicyclic amines) is 1. The van der Waals surface area contributed by atoms with Gasteiger partial charge in [0.05, 0.1) is 17.6 Å². The highest BCUT2D eigenvalue weighted by Gasteiger charge is 2.28. The van der Waals surface area contributed by atoms with E-state index in [1.807, 2.05) is 42.5 Å². The first-order valence-corrected chi connectivity index (χ1v) is 8.68. The molecule has 0 radical (unpaired) electrons. The number of halogens is 1. The lowest BCUT2D eigenvalue weighted by atomic mass is 10.2. The van der Waals surface area contributed by atoms with Crippen LogP contribution < -0.4 is 4.74 Å². The molecule has 1 aromatic heterocycles. The summed E-state index contributed by atoms with van der Waals surface area (Å²) in [5.41, 5.74) is 1.06. The quantitative estimate of drug-likeness (QED) is 0.760. The van der Waals surface area contributed by atoms with E-state index in [-0.39, 0.29) is 18.6 Å². The van der Waals surface area contributed by atoms with Crippen molar-refractivity contribution in [2.24, 2.45) is 0 Å². The third kappa shape index (κ3) is 4.55. The van der Waals surface area contributed by atoms with Crippen molar-refractivity contribution in [3.05, 3.63) is 58.7 Å². The maximum atomic E-state index is 12.2. The lowest BCUT2D eigenvalue weighted by Gasteiger charge is -2.17. The van der Waals surface area contributed by atoms with Gasteiger partial charge in [-0.3, -0.25) is 4.79 Å². The molecule has 0 saturated carbocycles. The normalized spacial score (nSPS) is 17.0. The molecule has 24 heavy (non-hydrogen) atoms. The standard InChI is InChI=1S/C18H19BrN2O3/c19-16-7-4-9-20-18(16)24-15-8-10-21(11-15)17(22)13-23-12-14-5-2-1-3-6-14/h1-7,9,15H,8,10-13H2/t15-/m1/s1. The van der Waals surface area contributed by atoms with Crippen LogP contribution in [0, 0.1) is 0 Å². The molecule has 1 aliphatic heterocycles. The van der Waals surface area contributed by atoms with Gasteiger partial charge in [0, 0.05) is 19.2 Å². The molecule has 1 fully saturated rings. The molecule has 0 N–H and O–H groups in total. The van der Waals surface area contributed by atoms with Crippen molar-refractivity contribution in [1.29, 1.82) is 0 Å². The van der Waals surface area contributed by atoms with Crippen LogP contribution in [0.1, 0.15) is 12.0 Å².